The van der Waals surface area contributed by atoms with Gasteiger partial charge in [0.15, 0.2) is 0 Å². The largest absolute Gasteiger partial charge is 0.350 e. The summed E-state index contributed by atoms with van der Waals surface area (Å²) in [7, 11) is 0. The van der Waals surface area contributed by atoms with Crippen LogP contribution in [0.1, 0.15) is 23.6 Å². The molecule has 0 aliphatic heterocycles. The van der Waals surface area contributed by atoms with E-state index in [2.05, 4.69) is 5.32 Å². The van der Waals surface area contributed by atoms with Crippen molar-refractivity contribution < 1.29 is 9.59 Å². The number of rotatable bonds is 8. The average molecular weight is 455 g/mol. The molecule has 3 rings (SSSR count). The fourth-order valence-corrected chi connectivity index (χ4v) is 3.71. The number of amides is 2. The van der Waals surface area contributed by atoms with Gasteiger partial charge in [-0.05, 0) is 35.7 Å². The first-order valence-corrected chi connectivity index (χ1v) is 10.8. The van der Waals surface area contributed by atoms with Crippen LogP contribution in [-0.2, 0) is 29.1 Å². The molecule has 0 saturated heterocycles. The van der Waals surface area contributed by atoms with E-state index < -0.39 is 6.04 Å². The first-order chi connectivity index (χ1) is 14.9. The number of nitrogens with zero attached hydrogens (tertiary/aromatic N) is 1. The van der Waals surface area contributed by atoms with Gasteiger partial charge in [-0.2, -0.15) is 0 Å². The van der Waals surface area contributed by atoms with E-state index in [-0.39, 0.29) is 24.8 Å². The van der Waals surface area contributed by atoms with Crippen molar-refractivity contribution in [1.82, 2.24) is 10.2 Å². The third-order valence-corrected chi connectivity index (χ3v) is 5.62. The highest BCUT2D eigenvalue weighted by atomic mass is 35.5. The Bertz CT molecular complexity index is 1030. The normalized spacial score (nSPS) is 11.6. The van der Waals surface area contributed by atoms with Crippen molar-refractivity contribution in [2.45, 2.75) is 32.5 Å². The fraction of sp³-hybridized carbons (Fsp3) is 0.200. The Hall–Kier alpha value is -2.82. The summed E-state index contributed by atoms with van der Waals surface area (Å²) in [5, 5.41) is 3.91. The highest BCUT2D eigenvalue weighted by molar-refractivity contribution is 6.35. The van der Waals surface area contributed by atoms with Crippen LogP contribution in [0.15, 0.2) is 78.9 Å². The molecule has 0 unspecified atom stereocenters. The van der Waals surface area contributed by atoms with E-state index in [1.54, 1.807) is 30.0 Å². The van der Waals surface area contributed by atoms with Crippen LogP contribution in [0.3, 0.4) is 0 Å². The standard InChI is InChI=1S/C25H24Cl2N2O2/c1-18(25(31)28-16-21-12-13-22(26)15-23(21)27)29(17-20-10-6-3-7-11-20)24(30)14-19-8-4-2-5-9-19/h2-13,15,18H,14,16-17H2,1H3,(H,28,31)/t18-/m1/s1. The first kappa shape index (κ1) is 22.9. The van der Waals surface area contributed by atoms with Gasteiger partial charge in [-0.1, -0.05) is 89.9 Å². The summed E-state index contributed by atoms with van der Waals surface area (Å²) < 4.78 is 0. The van der Waals surface area contributed by atoms with Crippen LogP contribution < -0.4 is 5.32 Å². The van der Waals surface area contributed by atoms with Gasteiger partial charge in [0, 0.05) is 23.1 Å². The molecule has 3 aromatic carbocycles. The summed E-state index contributed by atoms with van der Waals surface area (Å²) in [6.07, 6.45) is 0.230. The molecule has 1 atom stereocenters. The van der Waals surface area contributed by atoms with Crippen molar-refractivity contribution in [3.05, 3.63) is 106 Å². The highest BCUT2D eigenvalue weighted by Crippen LogP contribution is 2.21. The third kappa shape index (κ3) is 6.58. The molecule has 0 bridgehead atoms. The summed E-state index contributed by atoms with van der Waals surface area (Å²) in [5.74, 6) is -0.356. The van der Waals surface area contributed by atoms with E-state index in [0.717, 1.165) is 16.7 Å². The minimum atomic E-state index is -0.650. The SMILES string of the molecule is C[C@H](C(=O)NCc1ccc(Cl)cc1Cl)N(Cc1ccccc1)C(=O)Cc1ccccc1. The molecule has 0 spiro atoms. The predicted molar refractivity (Wildman–Crippen MR) is 125 cm³/mol. The Morgan fingerprint density at radius 2 is 1.52 bits per heavy atom. The topological polar surface area (TPSA) is 49.4 Å². The van der Waals surface area contributed by atoms with Crippen molar-refractivity contribution in [3.8, 4) is 0 Å². The molecule has 0 fully saturated rings. The van der Waals surface area contributed by atoms with Crippen LogP contribution >= 0.6 is 23.2 Å². The number of hydrogen-bond acceptors (Lipinski definition) is 2. The quantitative estimate of drug-likeness (QED) is 0.503. The zero-order valence-corrected chi connectivity index (χ0v) is 18.7. The molecule has 160 valence electrons. The fourth-order valence-electron chi connectivity index (χ4n) is 3.23. The molecule has 2 amide bonds. The lowest BCUT2D eigenvalue weighted by molar-refractivity contribution is -0.140. The Kier molecular flexibility index (Phi) is 8.10. The van der Waals surface area contributed by atoms with Crippen molar-refractivity contribution in [2.75, 3.05) is 0 Å². The van der Waals surface area contributed by atoms with Crippen LogP contribution in [0.2, 0.25) is 10.0 Å². The van der Waals surface area contributed by atoms with E-state index in [9.17, 15) is 9.59 Å². The maximum absolute atomic E-state index is 13.1. The molecule has 1 N–H and O–H groups in total. The van der Waals surface area contributed by atoms with Crippen LogP contribution in [0, 0.1) is 0 Å². The molecular weight excluding hydrogens is 431 g/mol. The number of nitrogens with one attached hydrogen (secondary N) is 1. The van der Waals surface area contributed by atoms with Crippen LogP contribution in [0.25, 0.3) is 0 Å². The summed E-state index contributed by atoms with van der Waals surface area (Å²) in [4.78, 5) is 27.7. The van der Waals surface area contributed by atoms with Gasteiger partial charge in [0.25, 0.3) is 0 Å². The van der Waals surface area contributed by atoms with E-state index in [1.165, 1.54) is 0 Å². The maximum Gasteiger partial charge on any atom is 0.242 e. The van der Waals surface area contributed by atoms with Gasteiger partial charge in [-0.15, -0.1) is 0 Å². The van der Waals surface area contributed by atoms with E-state index in [1.807, 2.05) is 60.7 Å². The second-order valence-corrected chi connectivity index (χ2v) is 8.14. The Morgan fingerprint density at radius 1 is 0.903 bits per heavy atom. The van der Waals surface area contributed by atoms with Gasteiger partial charge >= 0.3 is 0 Å². The van der Waals surface area contributed by atoms with Crippen molar-refractivity contribution in [3.63, 3.8) is 0 Å². The molecule has 0 aromatic heterocycles. The number of halogens is 2. The maximum atomic E-state index is 13.1. The second kappa shape index (κ2) is 11.0. The molecule has 0 aliphatic rings. The molecular formula is C25H24Cl2N2O2. The Balaban J connectivity index is 1.73. The Morgan fingerprint density at radius 3 is 2.13 bits per heavy atom. The zero-order valence-electron chi connectivity index (χ0n) is 17.2. The van der Waals surface area contributed by atoms with Crippen LogP contribution in [0.4, 0.5) is 0 Å². The van der Waals surface area contributed by atoms with E-state index in [4.69, 9.17) is 23.2 Å². The number of hydrogen-bond donors (Lipinski definition) is 1. The third-order valence-electron chi connectivity index (χ3n) is 5.03. The van der Waals surface area contributed by atoms with Gasteiger partial charge in [0.2, 0.25) is 11.8 Å². The van der Waals surface area contributed by atoms with Crippen LogP contribution in [-0.4, -0.2) is 22.8 Å². The molecule has 0 radical (unpaired) electrons. The first-order valence-electron chi connectivity index (χ1n) is 10.0. The average Bonchev–Trinajstić information content (AvgIpc) is 2.77. The summed E-state index contributed by atoms with van der Waals surface area (Å²) in [5.41, 5.74) is 2.63. The second-order valence-electron chi connectivity index (χ2n) is 7.30. The number of benzene rings is 3. The molecule has 0 heterocycles. The van der Waals surface area contributed by atoms with Gasteiger partial charge in [0.05, 0.1) is 6.42 Å². The predicted octanol–water partition coefficient (Wildman–Crippen LogP) is 5.27. The summed E-state index contributed by atoms with van der Waals surface area (Å²) in [6, 6.07) is 23.7. The van der Waals surface area contributed by atoms with Crippen molar-refractivity contribution in [1.29, 1.82) is 0 Å². The molecule has 0 saturated carbocycles. The van der Waals surface area contributed by atoms with Gasteiger partial charge in [-0.25, -0.2) is 0 Å². The monoisotopic (exact) mass is 454 g/mol. The lowest BCUT2D eigenvalue weighted by atomic mass is 10.1. The van der Waals surface area contributed by atoms with Crippen LogP contribution in [0.5, 0.6) is 0 Å². The smallest absolute Gasteiger partial charge is 0.242 e. The molecule has 3 aromatic rings. The van der Waals surface area contributed by atoms with Gasteiger partial charge in [0.1, 0.15) is 6.04 Å². The number of carbonyl (C=O) groups is 2. The van der Waals surface area contributed by atoms with Gasteiger partial charge < -0.3 is 10.2 Å². The summed E-state index contributed by atoms with van der Waals surface area (Å²) in [6.45, 7) is 2.35. The minimum absolute atomic E-state index is 0.109. The Labute approximate surface area is 192 Å². The molecule has 0 aliphatic carbocycles. The molecule has 31 heavy (non-hydrogen) atoms. The molecule has 4 nitrogen and oxygen atoms in total. The summed E-state index contributed by atoms with van der Waals surface area (Å²) >= 11 is 12.1. The van der Waals surface area contributed by atoms with E-state index in [0.29, 0.717) is 16.6 Å². The number of carbonyl (C=O) groups excluding carboxylic acids is 2. The van der Waals surface area contributed by atoms with Crippen molar-refractivity contribution >= 4 is 35.0 Å². The van der Waals surface area contributed by atoms with E-state index >= 15 is 0 Å². The minimum Gasteiger partial charge on any atom is -0.350 e. The lowest BCUT2D eigenvalue weighted by Crippen LogP contribution is -2.48. The molecule has 6 heteroatoms. The van der Waals surface area contributed by atoms with Gasteiger partial charge in [-0.3, -0.25) is 9.59 Å². The van der Waals surface area contributed by atoms with Crippen molar-refractivity contribution in [2.24, 2.45) is 0 Å². The lowest BCUT2D eigenvalue weighted by Gasteiger charge is -2.29. The highest BCUT2D eigenvalue weighted by Gasteiger charge is 2.26. The zero-order chi connectivity index (χ0) is 22.2.